The number of hydrogen-bond donors (Lipinski definition) is 4. The van der Waals surface area contributed by atoms with Gasteiger partial charge in [-0.2, -0.15) is 0 Å². The number of aldehydes is 1. The van der Waals surface area contributed by atoms with E-state index in [1.165, 1.54) is 101 Å². The summed E-state index contributed by atoms with van der Waals surface area (Å²) in [5, 5.41) is 40.6. The lowest BCUT2D eigenvalue weighted by Gasteiger charge is -2.07. The minimum Gasteiger partial charge on any atom is -0.508 e. The maximum absolute atomic E-state index is 11.1. The van der Waals surface area contributed by atoms with E-state index in [1.807, 2.05) is 170 Å². The molecule has 133 heavy (non-hydrogen) atoms. The van der Waals surface area contributed by atoms with Gasteiger partial charge in [0.15, 0.2) is 6.29 Å². The summed E-state index contributed by atoms with van der Waals surface area (Å²) in [6.07, 6.45) is 19.2. The molecule has 5 aromatic heterocycles. The van der Waals surface area contributed by atoms with E-state index in [2.05, 4.69) is 181 Å². The van der Waals surface area contributed by atoms with E-state index in [-0.39, 0.29) is 27.9 Å². The number of fused-ring (bicyclic) bond motifs is 5. The molecule has 1 unspecified atom stereocenters. The number of phenolic OH excluding ortho intramolecular Hbond substituents is 2. The SMILES string of the molecule is CCCCCB(O)O.CCCCCc1ccc(-c2cc3ccc(O)cc3o2)cc1.CCCCCc1ccc(-c2cc3ccc(OC)cc3o2)cc1.CCCCCc1ccc(-c2cc3ccc(OC)cc3o2)cc1.COC(=O)C(Br)c1ccc(Br)cc1.COc1ccc(C=O)c(O)c1.COc1ccc2cc(-c3ccc(Br)cc3)oc2c1.COc1ccc2cc(-c3ccc(Br)cc3)oc2c1. The largest absolute Gasteiger partial charge is 0.508 e. The number of carbonyl (C=O) groups is 2. The zero-order valence-corrected chi connectivity index (χ0v) is 83.1. The van der Waals surface area contributed by atoms with Gasteiger partial charge in [0.05, 0.1) is 48.2 Å². The van der Waals surface area contributed by atoms with Crippen molar-refractivity contribution in [1.29, 1.82) is 0 Å². The second-order valence-electron chi connectivity index (χ2n) is 31.3. The summed E-state index contributed by atoms with van der Waals surface area (Å²) in [4.78, 5) is 21.0. The van der Waals surface area contributed by atoms with E-state index in [0.29, 0.717) is 18.4 Å². The Bertz CT molecular complexity index is 6120. The number of unbranched alkanes of at least 4 members (excludes halogenated alkanes) is 8. The predicted molar refractivity (Wildman–Crippen MR) is 554 cm³/mol. The molecule has 0 aliphatic rings. The molecule has 4 N–H and O–H groups in total. The van der Waals surface area contributed by atoms with Crippen molar-refractivity contribution >= 4 is 138 Å². The molecule has 0 radical (unpaired) electrons. The Morgan fingerprint density at radius 3 is 0.887 bits per heavy atom. The zero-order chi connectivity index (χ0) is 95.0. The van der Waals surface area contributed by atoms with E-state index >= 15 is 0 Å². The fourth-order valence-electron chi connectivity index (χ4n) is 14.0. The highest BCUT2D eigenvalue weighted by atomic mass is 79.9. The van der Waals surface area contributed by atoms with E-state index in [9.17, 15) is 14.7 Å². The van der Waals surface area contributed by atoms with Gasteiger partial charge in [-0.25, -0.2) is 0 Å². The number of furan rings is 5. The number of alkyl halides is 1. The van der Waals surface area contributed by atoms with Crippen molar-refractivity contribution in [3.63, 3.8) is 0 Å². The Morgan fingerprint density at radius 1 is 0.338 bits per heavy atom. The molecule has 17 aromatic rings. The highest BCUT2D eigenvalue weighted by molar-refractivity contribution is 9.11. The van der Waals surface area contributed by atoms with Crippen LogP contribution in [0.3, 0.4) is 0 Å². The molecule has 17 rings (SSSR count). The van der Waals surface area contributed by atoms with E-state index in [4.69, 9.17) is 60.9 Å². The van der Waals surface area contributed by atoms with Crippen LogP contribution < -0.4 is 23.7 Å². The van der Waals surface area contributed by atoms with Crippen molar-refractivity contribution < 1.29 is 80.4 Å². The van der Waals surface area contributed by atoms with Crippen LogP contribution in [-0.2, 0) is 28.8 Å². The average molecular weight is 2050 g/mol. The Hall–Kier alpha value is -12.0. The maximum atomic E-state index is 11.1. The van der Waals surface area contributed by atoms with Gasteiger partial charge in [0.1, 0.15) is 102 Å². The van der Waals surface area contributed by atoms with Crippen LogP contribution in [0.2, 0.25) is 6.32 Å². The number of carbonyl (C=O) groups excluding carboxylic acids is 2. The van der Waals surface area contributed by atoms with E-state index in [0.717, 1.165) is 192 Å². The number of methoxy groups -OCH3 is 6. The van der Waals surface area contributed by atoms with Gasteiger partial charge in [-0.3, -0.25) is 9.59 Å². The van der Waals surface area contributed by atoms with Gasteiger partial charge in [0.25, 0.3) is 0 Å². The first-order valence-corrected chi connectivity index (χ1v) is 47.9. The first kappa shape index (κ1) is 103. The fraction of sp³-hybridized carbons (Fsp3) is 0.243. The standard InChI is InChI=1S/2C20H22O2.C19H20O2.2C15H11BrO2.C9H8Br2O2.C8H8O3.C5H13BO2/c2*1-3-4-5-6-15-7-9-16(10-8-15)19-13-17-11-12-18(21-2)14-20(17)22-19;1-2-3-4-5-14-6-8-15(9-7-14)18-12-16-10-11-17(20)13-19(16)21-18;2*1-17-13-7-4-11-8-14(18-15(11)9-13)10-2-5-12(16)6-3-10;1-13-9(12)8(11)6-2-4-7(10)5-3-6;1-11-7-3-2-6(5-9)8(10)4-7;1-2-3-4-5-6(7)8/h2*7-14H,3-6H2,1-2H3;6-13,20H,2-5H2,1H3;2*2-9H,1H3;2-5,8H,1H3;2-5,10H,1H3;7-8H,2-5H2,1H3. The summed E-state index contributed by atoms with van der Waals surface area (Å²) >= 11 is 13.4. The van der Waals surface area contributed by atoms with Gasteiger partial charge in [0, 0.05) is 105 Å². The zero-order valence-electron chi connectivity index (χ0n) is 76.8. The minimum absolute atomic E-state index is 0.0562. The third-order valence-electron chi connectivity index (χ3n) is 21.6. The molecule has 0 aliphatic heterocycles. The number of hydrogen-bond acceptors (Lipinski definition) is 17. The summed E-state index contributed by atoms with van der Waals surface area (Å²) in [5.41, 5.74) is 14.9. The molecule has 0 aliphatic carbocycles. The molecule has 17 nitrogen and oxygen atoms in total. The van der Waals surface area contributed by atoms with Crippen molar-refractivity contribution in [3.05, 3.63) is 326 Å². The van der Waals surface area contributed by atoms with Crippen LogP contribution >= 0.6 is 63.7 Å². The first-order valence-electron chi connectivity index (χ1n) is 44.6. The van der Waals surface area contributed by atoms with Crippen LogP contribution in [0, 0.1) is 0 Å². The number of ether oxygens (including phenoxy) is 6. The third kappa shape index (κ3) is 32.1. The average Bonchev–Trinajstić information content (AvgIpc) is 1.71. The van der Waals surface area contributed by atoms with Crippen molar-refractivity contribution in [2.75, 3.05) is 42.7 Å². The molecule has 0 bridgehead atoms. The summed E-state index contributed by atoms with van der Waals surface area (Å²) in [6.45, 7) is 8.78. The molecule has 1 atom stereocenters. The third-order valence-corrected chi connectivity index (χ3v) is 24.1. The monoisotopic (exact) mass is 2050 g/mol. The second-order valence-corrected chi connectivity index (χ2v) is 35.0. The van der Waals surface area contributed by atoms with Crippen LogP contribution in [0.15, 0.2) is 321 Å². The van der Waals surface area contributed by atoms with Gasteiger partial charge < -0.3 is 70.8 Å². The smallest absolute Gasteiger partial charge is 0.451 e. The van der Waals surface area contributed by atoms with Gasteiger partial charge in [-0.1, -0.05) is 258 Å². The lowest BCUT2D eigenvalue weighted by molar-refractivity contribution is -0.139. The van der Waals surface area contributed by atoms with E-state index < -0.39 is 7.12 Å². The Labute approximate surface area is 813 Å². The highest BCUT2D eigenvalue weighted by Gasteiger charge is 2.18. The van der Waals surface area contributed by atoms with Crippen LogP contribution in [-0.4, -0.2) is 82.3 Å². The number of esters is 1. The number of rotatable bonds is 29. The molecule has 0 saturated carbocycles. The van der Waals surface area contributed by atoms with Crippen LogP contribution in [0.5, 0.6) is 40.2 Å². The molecule has 12 aromatic carbocycles. The van der Waals surface area contributed by atoms with Gasteiger partial charge in [0.2, 0.25) is 0 Å². The molecule has 0 spiro atoms. The molecule has 5 heterocycles. The number of phenols is 2. The summed E-state index contributed by atoms with van der Waals surface area (Å²) in [6, 6.07) is 93.1. The lowest BCUT2D eigenvalue weighted by Crippen LogP contribution is -2.09. The van der Waals surface area contributed by atoms with Gasteiger partial charge in [-0.05, 0) is 207 Å². The van der Waals surface area contributed by atoms with Crippen molar-refractivity contribution in [2.45, 2.75) is 135 Å². The number of benzene rings is 12. The topological polar surface area (TPSA) is 236 Å². The van der Waals surface area contributed by atoms with Crippen molar-refractivity contribution in [1.82, 2.24) is 0 Å². The van der Waals surface area contributed by atoms with Crippen LogP contribution in [0.1, 0.15) is 142 Å². The maximum Gasteiger partial charge on any atom is 0.451 e. The predicted octanol–water partition coefficient (Wildman–Crippen LogP) is 31.9. The summed E-state index contributed by atoms with van der Waals surface area (Å²) in [7, 11) is 8.41. The molecule has 22 heteroatoms. The molecule has 0 amide bonds. The van der Waals surface area contributed by atoms with E-state index in [1.54, 1.807) is 46.6 Å². The lowest BCUT2D eigenvalue weighted by atomic mass is 9.84. The number of aryl methyl sites for hydroxylation is 3. The van der Waals surface area contributed by atoms with Crippen molar-refractivity contribution in [2.24, 2.45) is 0 Å². The van der Waals surface area contributed by atoms with Crippen molar-refractivity contribution in [3.8, 4) is 96.9 Å². The molecule has 0 fully saturated rings. The minimum atomic E-state index is -1.10. The molecule has 692 valence electrons. The Morgan fingerprint density at radius 2 is 0.609 bits per heavy atom. The molecule has 0 saturated heterocycles. The van der Waals surface area contributed by atoms with Gasteiger partial charge in [-0.15, -0.1) is 0 Å². The van der Waals surface area contributed by atoms with Gasteiger partial charge >= 0.3 is 13.1 Å². The first-order chi connectivity index (χ1) is 64.6. The number of halogens is 4. The highest BCUT2D eigenvalue weighted by Crippen LogP contribution is 2.38. The van der Waals surface area contributed by atoms with Crippen LogP contribution in [0.25, 0.3) is 111 Å². The quantitative estimate of drug-likeness (QED) is 0.0112. The van der Waals surface area contributed by atoms with Crippen LogP contribution in [0.4, 0.5) is 0 Å². The summed E-state index contributed by atoms with van der Waals surface area (Å²) in [5.74, 6) is 8.06. The summed E-state index contributed by atoms with van der Waals surface area (Å²) < 4.78 is 62.8. The normalized spacial score (nSPS) is 10.8. The Balaban J connectivity index is 0.000000160. The fourth-order valence-corrected chi connectivity index (χ4v) is 15.2. The molecular formula is C111H115BBr4O17. The number of aromatic hydroxyl groups is 2. The molecular weight excluding hydrogens is 1940 g/mol. The second kappa shape index (κ2) is 54.2. The Kier molecular flexibility index (Phi) is 42.0.